The van der Waals surface area contributed by atoms with Gasteiger partial charge >= 0.3 is 0 Å². The second kappa shape index (κ2) is 3.92. The van der Waals surface area contributed by atoms with Crippen LogP contribution in [-0.2, 0) is 6.42 Å². The molecule has 0 spiro atoms. The van der Waals surface area contributed by atoms with Gasteiger partial charge in [-0.3, -0.25) is 4.98 Å². The molecule has 2 rings (SSSR count). The summed E-state index contributed by atoms with van der Waals surface area (Å²) >= 11 is 0. The van der Waals surface area contributed by atoms with Gasteiger partial charge in [0.05, 0.1) is 0 Å². The summed E-state index contributed by atoms with van der Waals surface area (Å²) in [6.07, 6.45) is 4.05. The first-order valence-corrected chi connectivity index (χ1v) is 4.76. The molecule has 1 aromatic heterocycles. The van der Waals surface area contributed by atoms with Crippen molar-refractivity contribution in [3.63, 3.8) is 0 Å². The lowest BCUT2D eigenvalue weighted by atomic mass is 9.95. The highest BCUT2D eigenvalue weighted by molar-refractivity contribution is 6.31. The van der Waals surface area contributed by atoms with E-state index in [1.807, 2.05) is 12.1 Å². The van der Waals surface area contributed by atoms with Crippen molar-refractivity contribution in [2.45, 2.75) is 12.8 Å². The van der Waals surface area contributed by atoms with Crippen molar-refractivity contribution in [2.75, 3.05) is 13.1 Å². The van der Waals surface area contributed by atoms with Crippen molar-refractivity contribution in [3.8, 4) is 0 Å². The molecule has 1 saturated heterocycles. The highest BCUT2D eigenvalue weighted by atomic mass is 14.9. The molecule has 1 fully saturated rings. The van der Waals surface area contributed by atoms with E-state index in [-0.39, 0.29) is 0 Å². The Labute approximate surface area is 80.2 Å². The van der Waals surface area contributed by atoms with E-state index in [0.29, 0.717) is 0 Å². The minimum Gasteiger partial charge on any atom is -0.316 e. The minimum absolute atomic E-state index is 0.745. The number of nitrogens with zero attached hydrogens (tertiary/aromatic N) is 1. The molecular weight excluding hydrogens is 159 g/mol. The van der Waals surface area contributed by atoms with Crippen LogP contribution in [0.3, 0.4) is 0 Å². The zero-order valence-corrected chi connectivity index (χ0v) is 7.66. The van der Waals surface area contributed by atoms with Crippen molar-refractivity contribution in [1.29, 1.82) is 0 Å². The first kappa shape index (κ1) is 8.76. The van der Waals surface area contributed by atoms with Gasteiger partial charge in [-0.15, -0.1) is 0 Å². The molecule has 0 saturated carbocycles. The third-order valence-corrected chi connectivity index (χ3v) is 2.52. The van der Waals surface area contributed by atoms with Gasteiger partial charge in [-0.05, 0) is 37.9 Å². The van der Waals surface area contributed by atoms with Gasteiger partial charge in [0.15, 0.2) is 0 Å². The lowest BCUT2D eigenvalue weighted by Gasteiger charge is -2.26. The lowest BCUT2D eigenvalue weighted by Crippen LogP contribution is -2.42. The van der Waals surface area contributed by atoms with Gasteiger partial charge in [0.1, 0.15) is 7.85 Å². The van der Waals surface area contributed by atoms with Crippen LogP contribution < -0.4 is 10.8 Å². The fraction of sp³-hybridized carbons (Fsp3) is 0.500. The molecule has 1 aliphatic heterocycles. The Balaban J connectivity index is 1.83. The maximum absolute atomic E-state index is 5.55. The van der Waals surface area contributed by atoms with Crippen LogP contribution in [0.4, 0.5) is 0 Å². The molecule has 66 valence electrons. The molecule has 13 heavy (non-hydrogen) atoms. The van der Waals surface area contributed by atoms with Gasteiger partial charge in [-0.1, -0.05) is 11.5 Å². The van der Waals surface area contributed by atoms with E-state index in [1.165, 1.54) is 19.5 Å². The van der Waals surface area contributed by atoms with Crippen LogP contribution in [-0.4, -0.2) is 25.9 Å². The predicted octanol–water partition coefficient (Wildman–Crippen LogP) is 0.0274. The van der Waals surface area contributed by atoms with Crippen LogP contribution in [0.1, 0.15) is 12.1 Å². The van der Waals surface area contributed by atoms with Gasteiger partial charge in [0.2, 0.25) is 0 Å². The van der Waals surface area contributed by atoms with E-state index in [4.69, 9.17) is 7.85 Å². The first-order valence-electron chi connectivity index (χ1n) is 4.76. The van der Waals surface area contributed by atoms with Crippen molar-refractivity contribution in [1.82, 2.24) is 10.3 Å². The Hall–Kier alpha value is -0.825. The molecule has 0 aliphatic carbocycles. The summed E-state index contributed by atoms with van der Waals surface area (Å²) in [4.78, 5) is 4.26. The molecule has 1 aliphatic rings. The van der Waals surface area contributed by atoms with Crippen molar-refractivity contribution < 1.29 is 0 Å². The molecule has 1 aromatic rings. The summed E-state index contributed by atoms with van der Waals surface area (Å²) in [7, 11) is 5.55. The molecule has 3 heteroatoms. The van der Waals surface area contributed by atoms with Gasteiger partial charge in [-0.25, -0.2) is 0 Å². The highest BCUT2D eigenvalue weighted by Crippen LogP contribution is 2.11. The van der Waals surface area contributed by atoms with Gasteiger partial charge in [0.25, 0.3) is 0 Å². The molecule has 0 aromatic carbocycles. The number of pyridine rings is 1. The summed E-state index contributed by atoms with van der Waals surface area (Å²) < 4.78 is 0. The number of hydrogen-bond donors (Lipinski definition) is 1. The second-order valence-corrected chi connectivity index (χ2v) is 3.65. The van der Waals surface area contributed by atoms with Crippen molar-refractivity contribution >= 4 is 13.3 Å². The van der Waals surface area contributed by atoms with Gasteiger partial charge in [-0.2, -0.15) is 0 Å². The maximum atomic E-state index is 5.55. The minimum atomic E-state index is 0.745. The molecule has 2 radical (unpaired) electrons. The SMILES string of the molecule is [B]c1ccc(CCC2CNC2)nc1. The number of hydrogen-bond acceptors (Lipinski definition) is 2. The Morgan fingerprint density at radius 1 is 1.46 bits per heavy atom. The maximum Gasteiger partial charge on any atom is 0.115 e. The normalized spacial score (nSPS) is 16.9. The molecule has 2 heterocycles. The van der Waals surface area contributed by atoms with E-state index in [1.54, 1.807) is 6.20 Å². The fourth-order valence-electron chi connectivity index (χ4n) is 1.49. The third kappa shape index (κ3) is 2.31. The molecule has 0 atom stereocenters. The highest BCUT2D eigenvalue weighted by Gasteiger charge is 2.15. The van der Waals surface area contributed by atoms with Crippen LogP contribution in [0.15, 0.2) is 18.3 Å². The summed E-state index contributed by atoms with van der Waals surface area (Å²) in [5.41, 5.74) is 1.90. The zero-order chi connectivity index (χ0) is 9.10. The number of nitrogens with one attached hydrogen (secondary N) is 1. The first-order chi connectivity index (χ1) is 6.34. The zero-order valence-electron chi connectivity index (χ0n) is 7.66. The number of rotatable bonds is 3. The summed E-state index contributed by atoms with van der Waals surface area (Å²) in [6, 6.07) is 3.93. The van der Waals surface area contributed by atoms with Crippen molar-refractivity contribution in [3.05, 3.63) is 24.0 Å². The van der Waals surface area contributed by atoms with Gasteiger partial charge in [0, 0.05) is 11.9 Å². The van der Waals surface area contributed by atoms with Crippen molar-refractivity contribution in [2.24, 2.45) is 5.92 Å². The summed E-state index contributed by atoms with van der Waals surface area (Å²) in [5.74, 6) is 0.861. The largest absolute Gasteiger partial charge is 0.316 e. The molecule has 1 N–H and O–H groups in total. The quantitative estimate of drug-likeness (QED) is 0.650. The van der Waals surface area contributed by atoms with E-state index in [9.17, 15) is 0 Å². The average molecular weight is 172 g/mol. The third-order valence-electron chi connectivity index (χ3n) is 2.52. The molecule has 0 unspecified atom stereocenters. The van der Waals surface area contributed by atoms with E-state index < -0.39 is 0 Å². The molecule has 0 bridgehead atoms. The fourth-order valence-corrected chi connectivity index (χ4v) is 1.49. The van der Waals surface area contributed by atoms with E-state index >= 15 is 0 Å². The Morgan fingerprint density at radius 2 is 2.31 bits per heavy atom. The van der Waals surface area contributed by atoms with E-state index in [2.05, 4.69) is 10.3 Å². The Morgan fingerprint density at radius 3 is 2.85 bits per heavy atom. The second-order valence-electron chi connectivity index (χ2n) is 3.65. The summed E-state index contributed by atoms with van der Waals surface area (Å²) in [6.45, 7) is 2.35. The number of aromatic nitrogens is 1. The van der Waals surface area contributed by atoms with Crippen LogP contribution in [0.25, 0.3) is 0 Å². The lowest BCUT2D eigenvalue weighted by molar-refractivity contribution is 0.327. The Kier molecular flexibility index (Phi) is 2.64. The molecule has 2 nitrogen and oxygen atoms in total. The van der Waals surface area contributed by atoms with Crippen LogP contribution >= 0.6 is 0 Å². The van der Waals surface area contributed by atoms with E-state index in [0.717, 1.165) is 23.5 Å². The van der Waals surface area contributed by atoms with Gasteiger partial charge < -0.3 is 5.32 Å². The standard InChI is InChI=1S/C10H13BN2/c11-9-2-4-10(13-7-9)3-1-8-5-12-6-8/h2,4,7-8,12H,1,3,5-6H2. The van der Waals surface area contributed by atoms with Crippen LogP contribution in [0.5, 0.6) is 0 Å². The molecular formula is C10H13BN2. The topological polar surface area (TPSA) is 24.9 Å². The van der Waals surface area contributed by atoms with Crippen LogP contribution in [0, 0.1) is 5.92 Å². The predicted molar refractivity (Wildman–Crippen MR) is 54.3 cm³/mol. The monoisotopic (exact) mass is 172 g/mol. The Bertz CT molecular complexity index is 267. The van der Waals surface area contributed by atoms with Crippen LogP contribution in [0.2, 0.25) is 0 Å². The summed E-state index contributed by atoms with van der Waals surface area (Å²) in [5, 5.41) is 3.27. The average Bonchev–Trinajstić information content (AvgIpc) is 2.05. The molecule has 0 amide bonds. The smallest absolute Gasteiger partial charge is 0.115 e. The number of aryl methyl sites for hydroxylation is 1.